The summed E-state index contributed by atoms with van der Waals surface area (Å²) < 4.78 is 0. The van der Waals surface area contributed by atoms with Crippen LogP contribution >= 0.6 is 0 Å². The molecule has 2 aromatic rings. The molecular weight excluding hydrogens is 216 g/mol. The Kier molecular flexibility index (Phi) is 2.47. The van der Waals surface area contributed by atoms with Gasteiger partial charge in [-0.1, -0.05) is 12.8 Å². The van der Waals surface area contributed by atoms with Crippen LogP contribution in [0.2, 0.25) is 0 Å². The Labute approximate surface area is 98.7 Å². The number of rotatable bonds is 2. The van der Waals surface area contributed by atoms with Crippen LogP contribution in [0.25, 0.3) is 11.6 Å². The van der Waals surface area contributed by atoms with Crippen molar-refractivity contribution in [2.24, 2.45) is 0 Å². The van der Waals surface area contributed by atoms with Gasteiger partial charge in [0.25, 0.3) is 0 Å². The number of H-pyrrole nitrogens is 1. The van der Waals surface area contributed by atoms with Gasteiger partial charge in [-0.3, -0.25) is 5.10 Å². The highest BCUT2D eigenvalue weighted by atomic mass is 15.2. The van der Waals surface area contributed by atoms with Crippen molar-refractivity contribution in [2.75, 3.05) is 5.73 Å². The summed E-state index contributed by atoms with van der Waals surface area (Å²) in [4.78, 5) is 12.8. The molecule has 6 heteroatoms. The Morgan fingerprint density at radius 2 is 2.06 bits per heavy atom. The first-order valence-electron chi connectivity index (χ1n) is 5.83. The van der Waals surface area contributed by atoms with Crippen LogP contribution in [0.4, 0.5) is 5.82 Å². The third kappa shape index (κ3) is 1.98. The largest absolute Gasteiger partial charge is 0.384 e. The number of aromatic amines is 1. The zero-order chi connectivity index (χ0) is 11.7. The quantitative estimate of drug-likeness (QED) is 0.815. The van der Waals surface area contributed by atoms with E-state index in [9.17, 15) is 0 Å². The van der Waals surface area contributed by atoms with Crippen LogP contribution in [0.3, 0.4) is 0 Å². The van der Waals surface area contributed by atoms with Crippen molar-refractivity contribution in [1.82, 2.24) is 25.1 Å². The van der Waals surface area contributed by atoms with Gasteiger partial charge in [0.05, 0.1) is 0 Å². The SMILES string of the molecule is Nc1cc(C2CCCC2)nc(-c2ncn[nH]2)n1. The zero-order valence-electron chi connectivity index (χ0n) is 9.43. The number of nitrogens with zero attached hydrogens (tertiary/aromatic N) is 4. The van der Waals surface area contributed by atoms with Gasteiger partial charge in [0.2, 0.25) is 0 Å². The Bertz CT molecular complexity index is 501. The van der Waals surface area contributed by atoms with Crippen LogP contribution in [0.15, 0.2) is 12.4 Å². The van der Waals surface area contributed by atoms with Gasteiger partial charge in [0.1, 0.15) is 12.1 Å². The Morgan fingerprint density at radius 1 is 1.24 bits per heavy atom. The van der Waals surface area contributed by atoms with Crippen molar-refractivity contribution >= 4 is 5.82 Å². The smallest absolute Gasteiger partial charge is 0.199 e. The summed E-state index contributed by atoms with van der Waals surface area (Å²) in [6.07, 6.45) is 6.36. The lowest BCUT2D eigenvalue weighted by molar-refractivity contribution is 0.695. The number of nitrogens with two attached hydrogens (primary N) is 1. The fraction of sp³-hybridized carbons (Fsp3) is 0.455. The number of aromatic nitrogens is 5. The van der Waals surface area contributed by atoms with Crippen molar-refractivity contribution in [3.8, 4) is 11.6 Å². The summed E-state index contributed by atoms with van der Waals surface area (Å²) in [5.41, 5.74) is 6.85. The first kappa shape index (κ1) is 10.2. The maximum Gasteiger partial charge on any atom is 0.199 e. The minimum Gasteiger partial charge on any atom is -0.384 e. The topological polar surface area (TPSA) is 93.4 Å². The Hall–Kier alpha value is -1.98. The van der Waals surface area contributed by atoms with Gasteiger partial charge in [-0.05, 0) is 12.8 Å². The van der Waals surface area contributed by atoms with Gasteiger partial charge < -0.3 is 5.73 Å². The van der Waals surface area contributed by atoms with E-state index in [-0.39, 0.29) is 0 Å². The van der Waals surface area contributed by atoms with Gasteiger partial charge in [-0.15, -0.1) is 0 Å². The van der Waals surface area contributed by atoms with Crippen molar-refractivity contribution in [3.05, 3.63) is 18.1 Å². The van der Waals surface area contributed by atoms with Gasteiger partial charge in [0.15, 0.2) is 11.6 Å². The van der Waals surface area contributed by atoms with E-state index in [1.165, 1.54) is 32.0 Å². The van der Waals surface area contributed by atoms with Crippen LogP contribution in [0, 0.1) is 0 Å². The van der Waals surface area contributed by atoms with E-state index in [0.29, 0.717) is 23.4 Å². The van der Waals surface area contributed by atoms with E-state index >= 15 is 0 Å². The highest BCUT2D eigenvalue weighted by Gasteiger charge is 2.20. The lowest BCUT2D eigenvalue weighted by Crippen LogP contribution is -2.04. The van der Waals surface area contributed by atoms with Gasteiger partial charge in [-0.25, -0.2) is 15.0 Å². The lowest BCUT2D eigenvalue weighted by atomic mass is 10.0. The molecule has 0 aliphatic heterocycles. The molecule has 6 nitrogen and oxygen atoms in total. The van der Waals surface area contributed by atoms with E-state index < -0.39 is 0 Å². The fourth-order valence-electron chi connectivity index (χ4n) is 2.34. The molecule has 0 spiro atoms. The minimum absolute atomic E-state index is 0.494. The minimum atomic E-state index is 0.494. The summed E-state index contributed by atoms with van der Waals surface area (Å²) >= 11 is 0. The van der Waals surface area contributed by atoms with Crippen molar-refractivity contribution in [3.63, 3.8) is 0 Å². The molecule has 0 unspecified atom stereocenters. The summed E-state index contributed by atoms with van der Waals surface area (Å²) in [6, 6.07) is 1.87. The number of nitrogen functional groups attached to an aromatic ring is 1. The van der Waals surface area contributed by atoms with Crippen LogP contribution in [-0.2, 0) is 0 Å². The molecule has 1 aliphatic carbocycles. The summed E-state index contributed by atoms with van der Waals surface area (Å²) in [5.74, 6) is 2.11. The van der Waals surface area contributed by atoms with Crippen LogP contribution in [0.1, 0.15) is 37.3 Å². The first-order chi connectivity index (χ1) is 8.33. The predicted octanol–water partition coefficient (Wildman–Crippen LogP) is 1.50. The molecule has 0 aromatic carbocycles. The molecule has 0 radical (unpaired) electrons. The monoisotopic (exact) mass is 230 g/mol. The van der Waals surface area contributed by atoms with Crippen molar-refractivity contribution < 1.29 is 0 Å². The molecule has 1 aliphatic rings. The number of anilines is 1. The summed E-state index contributed by atoms with van der Waals surface area (Å²) in [6.45, 7) is 0. The molecule has 3 rings (SSSR count). The van der Waals surface area contributed by atoms with E-state index in [1.807, 2.05) is 6.07 Å². The fourth-order valence-corrected chi connectivity index (χ4v) is 2.34. The van der Waals surface area contributed by atoms with Gasteiger partial charge in [-0.2, -0.15) is 5.10 Å². The second kappa shape index (κ2) is 4.12. The molecule has 17 heavy (non-hydrogen) atoms. The molecule has 2 heterocycles. The maximum absolute atomic E-state index is 5.82. The van der Waals surface area contributed by atoms with E-state index in [1.54, 1.807) is 0 Å². The average molecular weight is 230 g/mol. The third-order valence-corrected chi connectivity index (χ3v) is 3.17. The second-order valence-corrected chi connectivity index (χ2v) is 4.36. The average Bonchev–Trinajstić information content (AvgIpc) is 3.02. The van der Waals surface area contributed by atoms with Crippen molar-refractivity contribution in [2.45, 2.75) is 31.6 Å². The van der Waals surface area contributed by atoms with Gasteiger partial charge in [0, 0.05) is 17.7 Å². The summed E-state index contributed by atoms with van der Waals surface area (Å²) in [5, 5.41) is 6.56. The number of hydrogen-bond acceptors (Lipinski definition) is 5. The molecule has 3 N–H and O–H groups in total. The van der Waals surface area contributed by atoms with Crippen LogP contribution in [-0.4, -0.2) is 25.1 Å². The first-order valence-corrected chi connectivity index (χ1v) is 5.83. The van der Waals surface area contributed by atoms with E-state index in [2.05, 4.69) is 25.1 Å². The predicted molar refractivity (Wildman–Crippen MR) is 63.0 cm³/mol. The number of hydrogen-bond donors (Lipinski definition) is 2. The standard InChI is InChI=1S/C11H14N6/c12-9-5-8(7-3-1-2-4-7)15-11(16-9)10-13-6-14-17-10/h5-7H,1-4H2,(H2,12,15,16)(H,13,14,17). The molecule has 0 atom stereocenters. The molecule has 0 saturated heterocycles. The number of nitrogens with one attached hydrogen (secondary N) is 1. The molecule has 2 aromatic heterocycles. The van der Waals surface area contributed by atoms with E-state index in [0.717, 1.165) is 5.69 Å². The normalized spacial score (nSPS) is 16.5. The van der Waals surface area contributed by atoms with Crippen molar-refractivity contribution in [1.29, 1.82) is 0 Å². The van der Waals surface area contributed by atoms with Crippen LogP contribution in [0.5, 0.6) is 0 Å². The molecular formula is C11H14N6. The Balaban J connectivity index is 2.00. The summed E-state index contributed by atoms with van der Waals surface area (Å²) in [7, 11) is 0. The highest BCUT2D eigenvalue weighted by Crippen LogP contribution is 2.33. The van der Waals surface area contributed by atoms with E-state index in [4.69, 9.17) is 5.73 Å². The second-order valence-electron chi connectivity index (χ2n) is 4.36. The zero-order valence-corrected chi connectivity index (χ0v) is 9.43. The van der Waals surface area contributed by atoms with Crippen LogP contribution < -0.4 is 5.73 Å². The van der Waals surface area contributed by atoms with Gasteiger partial charge >= 0.3 is 0 Å². The third-order valence-electron chi connectivity index (χ3n) is 3.17. The molecule has 88 valence electrons. The lowest BCUT2D eigenvalue weighted by Gasteiger charge is -2.09. The molecule has 0 amide bonds. The highest BCUT2D eigenvalue weighted by molar-refractivity contribution is 5.47. The molecule has 1 fully saturated rings. The maximum atomic E-state index is 5.82. The molecule has 0 bridgehead atoms. The molecule has 1 saturated carbocycles. The Morgan fingerprint density at radius 3 is 2.76 bits per heavy atom.